The molecule has 19 heavy (non-hydrogen) atoms. The van der Waals surface area contributed by atoms with Crippen LogP contribution in [0, 0.1) is 0 Å². The Morgan fingerprint density at radius 2 is 1.95 bits per heavy atom. The molecule has 1 fully saturated rings. The van der Waals surface area contributed by atoms with Crippen LogP contribution in [0.2, 0.25) is 0 Å². The Kier molecular flexibility index (Phi) is 6.27. The van der Waals surface area contributed by atoms with E-state index in [2.05, 4.69) is 32.6 Å². The summed E-state index contributed by atoms with van der Waals surface area (Å²) in [5.74, 6) is 0.270. The first-order valence-corrected chi connectivity index (χ1v) is 7.76. The fraction of sp³-hybridized carbons (Fsp3) is 0.933. The van der Waals surface area contributed by atoms with E-state index < -0.39 is 0 Å². The molecule has 0 heterocycles. The van der Waals surface area contributed by atoms with Gasteiger partial charge in [-0.15, -0.1) is 0 Å². The Morgan fingerprint density at radius 3 is 2.32 bits per heavy atom. The quantitative estimate of drug-likeness (QED) is 0.695. The molecule has 112 valence electrons. The number of likely N-dealkylation sites (N-methyl/N-ethyl adjacent to an activating group) is 1. The Bertz CT molecular complexity index is 285. The second-order valence-corrected chi connectivity index (χ2v) is 5.89. The largest absolute Gasteiger partial charge is 0.339 e. The summed E-state index contributed by atoms with van der Waals surface area (Å²) < 4.78 is 0. The topological polar surface area (TPSA) is 49.6 Å². The number of hydrogen-bond acceptors (Lipinski definition) is 3. The Labute approximate surface area is 118 Å². The van der Waals surface area contributed by atoms with Crippen molar-refractivity contribution in [3.8, 4) is 0 Å². The van der Waals surface area contributed by atoms with Gasteiger partial charge in [-0.2, -0.15) is 0 Å². The minimum atomic E-state index is -0.0609. The Morgan fingerprint density at radius 1 is 1.32 bits per heavy atom. The summed E-state index contributed by atoms with van der Waals surface area (Å²) in [5.41, 5.74) is 5.88. The summed E-state index contributed by atoms with van der Waals surface area (Å²) in [5, 5.41) is 0. The van der Waals surface area contributed by atoms with E-state index in [1.54, 1.807) is 0 Å². The number of amides is 1. The van der Waals surface area contributed by atoms with Crippen molar-refractivity contribution in [2.24, 2.45) is 5.73 Å². The van der Waals surface area contributed by atoms with Gasteiger partial charge >= 0.3 is 0 Å². The van der Waals surface area contributed by atoms with Crippen LogP contribution in [0.15, 0.2) is 0 Å². The van der Waals surface area contributed by atoms with E-state index in [4.69, 9.17) is 5.73 Å². The molecule has 1 unspecified atom stereocenters. The molecular weight excluding hydrogens is 238 g/mol. The maximum atomic E-state index is 12.5. The predicted molar refractivity (Wildman–Crippen MR) is 80.0 cm³/mol. The van der Waals surface area contributed by atoms with Crippen LogP contribution in [0.4, 0.5) is 0 Å². The molecule has 1 aliphatic rings. The van der Waals surface area contributed by atoms with Gasteiger partial charge in [-0.1, -0.05) is 13.8 Å². The highest BCUT2D eigenvalue weighted by Crippen LogP contribution is 2.27. The fourth-order valence-corrected chi connectivity index (χ4v) is 2.59. The summed E-state index contributed by atoms with van der Waals surface area (Å²) in [6, 6.07) is 0.506. The maximum Gasteiger partial charge on any atom is 0.237 e. The van der Waals surface area contributed by atoms with Crippen molar-refractivity contribution in [3.63, 3.8) is 0 Å². The molecule has 0 aromatic rings. The van der Waals surface area contributed by atoms with E-state index >= 15 is 0 Å². The highest BCUT2D eigenvalue weighted by atomic mass is 16.2. The van der Waals surface area contributed by atoms with Gasteiger partial charge in [0.25, 0.3) is 0 Å². The molecule has 1 atom stereocenters. The van der Waals surface area contributed by atoms with E-state index in [0.29, 0.717) is 19.1 Å². The predicted octanol–water partition coefficient (Wildman–Crippen LogP) is 1.84. The van der Waals surface area contributed by atoms with Gasteiger partial charge < -0.3 is 10.6 Å². The first-order chi connectivity index (χ1) is 9.02. The molecular formula is C15H31N3O. The monoisotopic (exact) mass is 269 g/mol. The third-order valence-corrected chi connectivity index (χ3v) is 4.43. The lowest BCUT2D eigenvalue weighted by molar-refractivity contribution is -0.134. The molecule has 0 aromatic carbocycles. The standard InChI is InChI=1S/C15H31N3O/c1-5-10-17(15(4,6-2)12-16)11-14(19)18(7-3)13-8-9-13/h13H,5-12,16H2,1-4H3. The minimum Gasteiger partial charge on any atom is -0.339 e. The molecule has 4 nitrogen and oxygen atoms in total. The van der Waals surface area contributed by atoms with Gasteiger partial charge in [-0.25, -0.2) is 0 Å². The van der Waals surface area contributed by atoms with Crippen molar-refractivity contribution in [2.75, 3.05) is 26.2 Å². The molecule has 0 bridgehead atoms. The normalized spacial score (nSPS) is 18.4. The lowest BCUT2D eigenvalue weighted by atomic mass is 9.96. The number of hydrogen-bond donors (Lipinski definition) is 1. The first-order valence-electron chi connectivity index (χ1n) is 7.76. The summed E-state index contributed by atoms with van der Waals surface area (Å²) in [6.45, 7) is 11.4. The second kappa shape index (κ2) is 7.25. The van der Waals surface area contributed by atoms with Crippen LogP contribution in [-0.2, 0) is 4.79 Å². The summed E-state index contributed by atoms with van der Waals surface area (Å²) in [6.07, 6.45) is 4.38. The summed E-state index contributed by atoms with van der Waals surface area (Å²) in [4.78, 5) is 16.8. The number of rotatable bonds is 9. The van der Waals surface area contributed by atoms with Crippen molar-refractivity contribution in [3.05, 3.63) is 0 Å². The van der Waals surface area contributed by atoms with E-state index in [-0.39, 0.29) is 11.4 Å². The fourth-order valence-electron chi connectivity index (χ4n) is 2.59. The van der Waals surface area contributed by atoms with Crippen molar-refractivity contribution < 1.29 is 4.79 Å². The average Bonchev–Trinajstić information content (AvgIpc) is 3.23. The van der Waals surface area contributed by atoms with Crippen molar-refractivity contribution in [1.82, 2.24) is 9.80 Å². The van der Waals surface area contributed by atoms with Crippen LogP contribution in [0.25, 0.3) is 0 Å². The van der Waals surface area contributed by atoms with Gasteiger partial charge in [0.05, 0.1) is 6.54 Å². The third-order valence-electron chi connectivity index (χ3n) is 4.43. The summed E-state index contributed by atoms with van der Waals surface area (Å²) in [7, 11) is 0. The molecule has 1 saturated carbocycles. The van der Waals surface area contributed by atoms with Crippen LogP contribution in [0.5, 0.6) is 0 Å². The molecule has 1 amide bonds. The van der Waals surface area contributed by atoms with E-state index in [1.807, 2.05) is 4.90 Å². The number of nitrogens with zero attached hydrogens (tertiary/aromatic N) is 2. The lowest BCUT2D eigenvalue weighted by Crippen LogP contribution is -2.55. The van der Waals surface area contributed by atoms with Crippen LogP contribution >= 0.6 is 0 Å². The number of carbonyl (C=O) groups is 1. The van der Waals surface area contributed by atoms with Crippen molar-refractivity contribution in [1.29, 1.82) is 0 Å². The van der Waals surface area contributed by atoms with Gasteiger partial charge in [0.1, 0.15) is 0 Å². The highest BCUT2D eigenvalue weighted by Gasteiger charge is 2.35. The van der Waals surface area contributed by atoms with Gasteiger partial charge in [0.2, 0.25) is 5.91 Å². The van der Waals surface area contributed by atoms with E-state index in [1.165, 1.54) is 12.8 Å². The van der Waals surface area contributed by atoms with E-state index in [9.17, 15) is 4.79 Å². The molecule has 2 N–H and O–H groups in total. The number of carbonyl (C=O) groups excluding carboxylic acids is 1. The molecule has 1 rings (SSSR count). The zero-order valence-corrected chi connectivity index (χ0v) is 13.1. The van der Waals surface area contributed by atoms with Gasteiger partial charge in [0.15, 0.2) is 0 Å². The SMILES string of the molecule is CCCN(CC(=O)N(CC)C1CC1)C(C)(CC)CN. The Hall–Kier alpha value is -0.610. The first kappa shape index (κ1) is 16.4. The van der Waals surface area contributed by atoms with Gasteiger partial charge in [-0.3, -0.25) is 9.69 Å². The molecule has 0 spiro atoms. The minimum absolute atomic E-state index is 0.0609. The Balaban J connectivity index is 2.68. The smallest absolute Gasteiger partial charge is 0.237 e. The highest BCUT2D eigenvalue weighted by molar-refractivity contribution is 5.79. The summed E-state index contributed by atoms with van der Waals surface area (Å²) >= 11 is 0. The van der Waals surface area contributed by atoms with E-state index in [0.717, 1.165) is 25.9 Å². The molecule has 0 aliphatic heterocycles. The average molecular weight is 269 g/mol. The zero-order valence-electron chi connectivity index (χ0n) is 13.1. The molecule has 4 heteroatoms. The molecule has 0 aromatic heterocycles. The zero-order chi connectivity index (χ0) is 14.5. The molecule has 0 radical (unpaired) electrons. The van der Waals surface area contributed by atoms with Crippen LogP contribution in [-0.4, -0.2) is 53.5 Å². The second-order valence-electron chi connectivity index (χ2n) is 5.89. The van der Waals surface area contributed by atoms with Crippen LogP contribution in [0.3, 0.4) is 0 Å². The lowest BCUT2D eigenvalue weighted by Gasteiger charge is -2.40. The van der Waals surface area contributed by atoms with Crippen molar-refractivity contribution in [2.45, 2.75) is 65.0 Å². The van der Waals surface area contributed by atoms with Crippen molar-refractivity contribution >= 4 is 5.91 Å². The van der Waals surface area contributed by atoms with Gasteiger partial charge in [-0.05, 0) is 46.1 Å². The third kappa shape index (κ3) is 4.18. The number of nitrogens with two attached hydrogens (primary N) is 1. The molecule has 0 saturated heterocycles. The van der Waals surface area contributed by atoms with Crippen LogP contribution in [0.1, 0.15) is 53.4 Å². The van der Waals surface area contributed by atoms with Gasteiger partial charge in [0, 0.05) is 24.7 Å². The maximum absolute atomic E-state index is 12.5. The van der Waals surface area contributed by atoms with Crippen LogP contribution < -0.4 is 5.73 Å². The molecule has 1 aliphatic carbocycles.